The van der Waals surface area contributed by atoms with E-state index in [1.807, 2.05) is 13.0 Å². The van der Waals surface area contributed by atoms with Crippen molar-refractivity contribution in [2.24, 2.45) is 0 Å². The number of allylic oxidation sites excluding steroid dienone is 6. The molecule has 0 saturated carbocycles. The Hall–Kier alpha value is -1.67. The molecule has 1 aromatic carbocycles. The minimum Gasteiger partial charge on any atom is -0.236 e. The maximum Gasteiger partial charge on any atom is 0.124 e. The summed E-state index contributed by atoms with van der Waals surface area (Å²) in [6, 6.07) is 6.38. The van der Waals surface area contributed by atoms with E-state index >= 15 is 0 Å². The zero-order chi connectivity index (χ0) is 14.5. The van der Waals surface area contributed by atoms with E-state index in [-0.39, 0.29) is 0 Å². The molecular weight excluding hydrogens is 262 g/mol. The Labute approximate surface area is 125 Å². The van der Waals surface area contributed by atoms with E-state index in [1.54, 1.807) is 11.3 Å². The number of thiazole rings is 1. The van der Waals surface area contributed by atoms with Crippen molar-refractivity contribution in [1.82, 2.24) is 4.98 Å². The number of fused-ring (bicyclic) bond motifs is 1. The van der Waals surface area contributed by atoms with Crippen LogP contribution in [0.1, 0.15) is 37.8 Å². The van der Waals surface area contributed by atoms with Crippen molar-refractivity contribution in [3.05, 3.63) is 58.6 Å². The summed E-state index contributed by atoms with van der Waals surface area (Å²) in [7, 11) is 0. The van der Waals surface area contributed by atoms with E-state index in [9.17, 15) is 0 Å². The van der Waals surface area contributed by atoms with Gasteiger partial charge < -0.3 is 0 Å². The zero-order valence-electron chi connectivity index (χ0n) is 12.6. The third kappa shape index (κ3) is 3.07. The van der Waals surface area contributed by atoms with Crippen LogP contribution < -0.4 is 0 Å². The molecule has 2 rings (SSSR count). The lowest BCUT2D eigenvalue weighted by Crippen LogP contribution is -1.85. The molecule has 0 aliphatic carbocycles. The summed E-state index contributed by atoms with van der Waals surface area (Å²) in [6.07, 6.45) is 9.41. The minimum absolute atomic E-state index is 1.05. The van der Waals surface area contributed by atoms with Crippen LogP contribution in [0.15, 0.2) is 48.1 Å². The number of aromatic nitrogens is 1. The van der Waals surface area contributed by atoms with Crippen LogP contribution >= 0.6 is 11.3 Å². The van der Waals surface area contributed by atoms with Gasteiger partial charge in [-0.15, -0.1) is 11.3 Å². The van der Waals surface area contributed by atoms with Crippen molar-refractivity contribution < 1.29 is 0 Å². The first-order chi connectivity index (χ1) is 9.67. The highest BCUT2D eigenvalue weighted by molar-refractivity contribution is 7.19. The molecule has 0 saturated heterocycles. The third-order valence-corrected chi connectivity index (χ3v) is 4.46. The van der Waals surface area contributed by atoms with E-state index in [1.165, 1.54) is 21.4 Å². The van der Waals surface area contributed by atoms with E-state index in [2.05, 4.69) is 57.2 Å². The van der Waals surface area contributed by atoms with Crippen LogP contribution in [0, 0.1) is 6.92 Å². The Kier molecular flexibility index (Phi) is 4.91. The molecule has 0 radical (unpaired) electrons. The molecule has 1 nitrogen and oxygen atoms in total. The van der Waals surface area contributed by atoms with E-state index in [0.29, 0.717) is 0 Å². The van der Waals surface area contributed by atoms with E-state index in [4.69, 9.17) is 4.98 Å². The molecule has 1 aromatic heterocycles. The summed E-state index contributed by atoms with van der Waals surface area (Å²) in [5, 5.41) is 1.12. The first kappa shape index (κ1) is 14.7. The summed E-state index contributed by atoms with van der Waals surface area (Å²) in [5.41, 5.74) is 5.01. The quantitative estimate of drug-likeness (QED) is 0.635. The van der Waals surface area contributed by atoms with Gasteiger partial charge in [0.05, 0.1) is 10.2 Å². The van der Waals surface area contributed by atoms with Gasteiger partial charge in [0, 0.05) is 5.57 Å². The molecule has 20 heavy (non-hydrogen) atoms. The van der Waals surface area contributed by atoms with Crippen LogP contribution in [0.4, 0.5) is 0 Å². The Bertz CT molecular complexity index is 687. The number of aryl methyl sites for hydroxylation is 1. The molecule has 0 fully saturated rings. The van der Waals surface area contributed by atoms with Gasteiger partial charge in [-0.3, -0.25) is 0 Å². The highest BCUT2D eigenvalue weighted by Gasteiger charge is 2.10. The van der Waals surface area contributed by atoms with Gasteiger partial charge in [0.25, 0.3) is 0 Å². The third-order valence-electron chi connectivity index (χ3n) is 3.41. The normalized spacial score (nSPS) is 13.6. The summed E-state index contributed by atoms with van der Waals surface area (Å²) < 4.78 is 1.26. The molecule has 2 aromatic rings. The lowest BCUT2D eigenvalue weighted by atomic mass is 10.1. The standard InChI is InChI=1S/C18H21NS/c1-5-7-8-11-15(13(3)6-2)18-19-17-14(4)10-9-12-16(17)20-18/h5,7-12H,6H2,1-4H3/b7-5-,11-8-,15-13?. The number of hydrogen-bond acceptors (Lipinski definition) is 2. The minimum atomic E-state index is 1.05. The summed E-state index contributed by atoms with van der Waals surface area (Å²) in [5.74, 6) is 0. The van der Waals surface area contributed by atoms with Gasteiger partial charge in [-0.1, -0.05) is 48.9 Å². The van der Waals surface area contributed by atoms with Gasteiger partial charge in [-0.25, -0.2) is 4.98 Å². The lowest BCUT2D eigenvalue weighted by molar-refractivity contribution is 1.10. The molecule has 0 bridgehead atoms. The van der Waals surface area contributed by atoms with Gasteiger partial charge in [0.15, 0.2) is 0 Å². The summed E-state index contributed by atoms with van der Waals surface area (Å²) in [6.45, 7) is 8.53. The van der Waals surface area contributed by atoms with Gasteiger partial charge in [-0.2, -0.15) is 0 Å². The van der Waals surface area contributed by atoms with Gasteiger partial charge in [0.2, 0.25) is 0 Å². The molecule has 0 spiro atoms. The molecule has 0 unspecified atom stereocenters. The SMILES string of the molecule is C/C=C\C=C/C(=C(C)CC)c1nc2c(C)cccc2s1. The maximum atomic E-state index is 4.85. The molecule has 0 atom stereocenters. The van der Waals surface area contributed by atoms with Crippen molar-refractivity contribution in [2.75, 3.05) is 0 Å². The predicted molar refractivity (Wildman–Crippen MR) is 91.2 cm³/mol. The van der Waals surface area contributed by atoms with Gasteiger partial charge >= 0.3 is 0 Å². The average molecular weight is 283 g/mol. The lowest BCUT2D eigenvalue weighted by Gasteiger charge is -2.02. The largest absolute Gasteiger partial charge is 0.236 e. The number of benzene rings is 1. The fraction of sp³-hybridized carbons (Fsp3) is 0.278. The number of hydrogen-bond donors (Lipinski definition) is 0. The molecule has 2 heteroatoms. The van der Waals surface area contributed by atoms with Crippen LogP contribution in [0.5, 0.6) is 0 Å². The molecule has 0 amide bonds. The highest BCUT2D eigenvalue weighted by atomic mass is 32.1. The van der Waals surface area contributed by atoms with Crippen molar-refractivity contribution in [2.45, 2.75) is 34.1 Å². The zero-order valence-corrected chi connectivity index (χ0v) is 13.4. The van der Waals surface area contributed by atoms with Crippen LogP contribution in [-0.2, 0) is 0 Å². The van der Waals surface area contributed by atoms with Crippen molar-refractivity contribution in [3.8, 4) is 0 Å². The molecule has 0 aliphatic rings. The van der Waals surface area contributed by atoms with Crippen LogP contribution in [0.3, 0.4) is 0 Å². The average Bonchev–Trinajstić information content (AvgIpc) is 2.88. The first-order valence-electron chi connectivity index (χ1n) is 7.03. The Morgan fingerprint density at radius 2 is 2.10 bits per heavy atom. The molecular formula is C18H21NS. The maximum absolute atomic E-state index is 4.85. The number of rotatable bonds is 4. The fourth-order valence-electron chi connectivity index (χ4n) is 2.05. The van der Waals surface area contributed by atoms with Crippen LogP contribution in [0.2, 0.25) is 0 Å². The monoisotopic (exact) mass is 283 g/mol. The van der Waals surface area contributed by atoms with Gasteiger partial charge in [0.1, 0.15) is 5.01 Å². The van der Waals surface area contributed by atoms with Crippen LogP contribution in [-0.4, -0.2) is 4.98 Å². The van der Waals surface area contributed by atoms with Gasteiger partial charge in [-0.05, 0) is 38.8 Å². The first-order valence-corrected chi connectivity index (χ1v) is 7.84. The number of para-hydroxylation sites is 1. The second-order valence-corrected chi connectivity index (χ2v) is 5.90. The number of nitrogens with zero attached hydrogens (tertiary/aromatic N) is 1. The van der Waals surface area contributed by atoms with Crippen molar-refractivity contribution >= 4 is 27.1 Å². The smallest absolute Gasteiger partial charge is 0.124 e. The highest BCUT2D eigenvalue weighted by Crippen LogP contribution is 2.31. The predicted octanol–water partition coefficient (Wildman–Crippen LogP) is 5.92. The Morgan fingerprint density at radius 3 is 2.75 bits per heavy atom. The molecule has 0 N–H and O–H groups in total. The summed E-state index contributed by atoms with van der Waals surface area (Å²) in [4.78, 5) is 4.85. The topological polar surface area (TPSA) is 12.9 Å². The Morgan fingerprint density at radius 1 is 1.30 bits per heavy atom. The Balaban J connectivity index is 2.54. The molecule has 1 heterocycles. The second kappa shape index (κ2) is 6.67. The second-order valence-electron chi connectivity index (χ2n) is 4.87. The molecule has 0 aliphatic heterocycles. The fourth-order valence-corrected chi connectivity index (χ4v) is 3.20. The molecule has 104 valence electrons. The van der Waals surface area contributed by atoms with Crippen molar-refractivity contribution in [3.63, 3.8) is 0 Å². The summed E-state index contributed by atoms with van der Waals surface area (Å²) >= 11 is 1.78. The van der Waals surface area contributed by atoms with E-state index < -0.39 is 0 Å². The van der Waals surface area contributed by atoms with E-state index in [0.717, 1.165) is 16.9 Å². The van der Waals surface area contributed by atoms with Crippen molar-refractivity contribution in [1.29, 1.82) is 0 Å². The van der Waals surface area contributed by atoms with Crippen LogP contribution in [0.25, 0.3) is 15.8 Å².